The van der Waals surface area contributed by atoms with E-state index in [1.54, 1.807) is 24.3 Å². The van der Waals surface area contributed by atoms with Crippen molar-refractivity contribution in [2.45, 2.75) is 31.7 Å². The summed E-state index contributed by atoms with van der Waals surface area (Å²) in [6.45, 7) is 4.01. The third kappa shape index (κ3) is 5.45. The number of urea groups is 1. The van der Waals surface area contributed by atoms with E-state index in [4.69, 9.17) is 17.3 Å². The normalized spacial score (nSPS) is 11.5. The van der Waals surface area contributed by atoms with Gasteiger partial charge >= 0.3 is 6.03 Å². The molecule has 1 aromatic heterocycles. The summed E-state index contributed by atoms with van der Waals surface area (Å²) >= 11 is 6.29. The first-order valence-electron chi connectivity index (χ1n) is 11.4. The van der Waals surface area contributed by atoms with E-state index in [0.29, 0.717) is 11.9 Å². The Morgan fingerprint density at radius 1 is 1.08 bits per heavy atom. The molecule has 0 spiro atoms. The van der Waals surface area contributed by atoms with Crippen molar-refractivity contribution in [2.24, 2.45) is 5.73 Å². The number of hydrogen-bond donors (Lipinski definition) is 2. The van der Waals surface area contributed by atoms with Crippen LogP contribution in [-0.2, 0) is 23.0 Å². The quantitative estimate of drug-likeness (QED) is 0.364. The molecule has 3 amide bonds. The number of sulfonamides is 1. The van der Waals surface area contributed by atoms with Crippen LogP contribution in [0.4, 0.5) is 4.79 Å². The first kappa shape index (κ1) is 26.2. The van der Waals surface area contributed by atoms with Crippen LogP contribution in [0.15, 0.2) is 65.6 Å². The van der Waals surface area contributed by atoms with Gasteiger partial charge in [-0.05, 0) is 48.9 Å². The van der Waals surface area contributed by atoms with E-state index in [0.717, 1.165) is 28.2 Å². The zero-order chi connectivity index (χ0) is 26.9. The minimum Gasteiger partial charge on any atom is -0.366 e. The van der Waals surface area contributed by atoms with Gasteiger partial charge in [0.05, 0.1) is 26.5 Å². The highest BCUT2D eigenvalue weighted by Gasteiger charge is 2.20. The van der Waals surface area contributed by atoms with Crippen LogP contribution in [0.5, 0.6) is 0 Å². The summed E-state index contributed by atoms with van der Waals surface area (Å²) in [4.78, 5) is 30.2. The molecule has 0 aliphatic carbocycles. The fourth-order valence-corrected chi connectivity index (χ4v) is 5.18. The molecule has 0 atom stereocenters. The number of benzene rings is 3. The molecule has 4 rings (SSSR count). The summed E-state index contributed by atoms with van der Waals surface area (Å²) in [6.07, 6.45) is 0.637. The van der Waals surface area contributed by atoms with Crippen molar-refractivity contribution in [2.75, 3.05) is 7.05 Å². The molecule has 0 aliphatic heterocycles. The van der Waals surface area contributed by atoms with E-state index in [-0.39, 0.29) is 22.0 Å². The predicted octanol–water partition coefficient (Wildman–Crippen LogP) is 4.18. The molecule has 0 saturated carbocycles. The van der Waals surface area contributed by atoms with Crippen LogP contribution >= 0.6 is 11.6 Å². The number of aryl methyl sites for hydroxylation is 2. The van der Waals surface area contributed by atoms with Gasteiger partial charge in [0, 0.05) is 25.7 Å². The number of carbonyl (C=O) groups excluding carboxylic acids is 2. The maximum absolute atomic E-state index is 12.6. The Morgan fingerprint density at radius 3 is 2.32 bits per heavy atom. The number of carbonyl (C=O) groups is 2. The van der Waals surface area contributed by atoms with E-state index >= 15 is 0 Å². The number of nitrogens with two attached hydrogens (primary N) is 1. The summed E-state index contributed by atoms with van der Waals surface area (Å²) in [5, 5.41) is 0.244. The Kier molecular flexibility index (Phi) is 7.24. The molecule has 37 heavy (non-hydrogen) atoms. The van der Waals surface area contributed by atoms with Gasteiger partial charge in [0.25, 0.3) is 10.0 Å². The first-order valence-corrected chi connectivity index (χ1v) is 13.3. The van der Waals surface area contributed by atoms with Crippen molar-refractivity contribution in [1.82, 2.24) is 19.2 Å². The van der Waals surface area contributed by atoms with Crippen LogP contribution in [-0.4, -0.2) is 41.9 Å². The Morgan fingerprint density at radius 2 is 1.73 bits per heavy atom. The average Bonchev–Trinajstić information content (AvgIpc) is 3.21. The minimum absolute atomic E-state index is 0.0199. The molecule has 0 aliphatic rings. The Balaban J connectivity index is 1.53. The smallest absolute Gasteiger partial charge is 0.331 e. The summed E-state index contributed by atoms with van der Waals surface area (Å²) in [5.74, 6) is 0.155. The van der Waals surface area contributed by atoms with Crippen LogP contribution in [0.3, 0.4) is 0 Å². The molecule has 11 heteroatoms. The van der Waals surface area contributed by atoms with Crippen LogP contribution in [0.1, 0.15) is 34.2 Å². The van der Waals surface area contributed by atoms with Crippen molar-refractivity contribution >= 4 is 44.6 Å². The van der Waals surface area contributed by atoms with Gasteiger partial charge < -0.3 is 10.6 Å². The number of fused-ring (bicyclic) bond motifs is 1. The number of rotatable bonds is 7. The van der Waals surface area contributed by atoms with Crippen LogP contribution in [0.25, 0.3) is 16.7 Å². The zero-order valence-electron chi connectivity index (χ0n) is 20.5. The van der Waals surface area contributed by atoms with Gasteiger partial charge in [-0.25, -0.2) is 22.9 Å². The maximum atomic E-state index is 12.6. The Bertz CT molecular complexity index is 1600. The molecule has 0 bridgehead atoms. The highest BCUT2D eigenvalue weighted by Crippen LogP contribution is 2.28. The van der Waals surface area contributed by atoms with Crippen molar-refractivity contribution in [3.05, 3.63) is 88.2 Å². The van der Waals surface area contributed by atoms with Crippen molar-refractivity contribution in [3.8, 4) is 5.69 Å². The van der Waals surface area contributed by atoms with Gasteiger partial charge in [-0.1, -0.05) is 48.4 Å². The number of aromatic nitrogens is 2. The van der Waals surface area contributed by atoms with E-state index in [9.17, 15) is 18.0 Å². The number of primary amides is 1. The third-order valence-corrected chi connectivity index (χ3v) is 7.56. The highest BCUT2D eigenvalue weighted by atomic mass is 35.5. The molecule has 0 radical (unpaired) electrons. The second kappa shape index (κ2) is 10.2. The second-order valence-corrected chi connectivity index (χ2v) is 10.7. The second-order valence-electron chi connectivity index (χ2n) is 8.65. The fraction of sp³-hybridized carbons (Fsp3) is 0.192. The zero-order valence-corrected chi connectivity index (χ0v) is 22.1. The lowest BCUT2D eigenvalue weighted by molar-refractivity contribution is 0.100. The van der Waals surface area contributed by atoms with Crippen molar-refractivity contribution < 1.29 is 18.0 Å². The number of imidazole rings is 1. The number of halogens is 1. The van der Waals surface area contributed by atoms with E-state index < -0.39 is 22.0 Å². The topological polar surface area (TPSA) is 127 Å². The van der Waals surface area contributed by atoms with E-state index in [1.807, 2.05) is 42.7 Å². The van der Waals surface area contributed by atoms with Gasteiger partial charge in [-0.15, -0.1) is 0 Å². The average molecular weight is 540 g/mol. The van der Waals surface area contributed by atoms with Crippen molar-refractivity contribution in [1.29, 1.82) is 0 Å². The standard InChI is InChI=1S/C26H26ClN5O4S/c1-4-24-29-22-13-20(25(28)33)21(27)14-23(22)32(24)18-9-7-17(8-10-18)15-31(3)26(34)30-37(35,36)19-11-5-16(2)6-12-19/h5-14H,4,15H2,1-3H3,(H2,28,33)(H,30,34). The molecule has 4 aromatic rings. The van der Waals surface area contributed by atoms with Crippen LogP contribution < -0.4 is 10.5 Å². The molecule has 3 N–H and O–H groups in total. The monoisotopic (exact) mass is 539 g/mol. The number of amides is 3. The molecule has 3 aromatic carbocycles. The Labute approximate surface area is 219 Å². The number of nitrogens with zero attached hydrogens (tertiary/aromatic N) is 3. The van der Waals surface area contributed by atoms with Gasteiger partial charge in [-0.2, -0.15) is 0 Å². The summed E-state index contributed by atoms with van der Waals surface area (Å²) in [5.41, 5.74) is 9.50. The highest BCUT2D eigenvalue weighted by molar-refractivity contribution is 7.90. The lowest BCUT2D eigenvalue weighted by atomic mass is 10.1. The number of hydrogen-bond acceptors (Lipinski definition) is 5. The first-order chi connectivity index (χ1) is 17.5. The molecule has 0 fully saturated rings. The van der Waals surface area contributed by atoms with E-state index in [1.165, 1.54) is 24.1 Å². The number of nitrogens with one attached hydrogen (secondary N) is 1. The lowest BCUT2D eigenvalue weighted by Crippen LogP contribution is -2.40. The summed E-state index contributed by atoms with van der Waals surface area (Å²) < 4.78 is 29.1. The molecular weight excluding hydrogens is 514 g/mol. The van der Waals surface area contributed by atoms with E-state index in [2.05, 4.69) is 9.71 Å². The van der Waals surface area contributed by atoms with Gasteiger partial charge in [0.2, 0.25) is 5.91 Å². The van der Waals surface area contributed by atoms with Gasteiger partial charge in [-0.3, -0.25) is 9.36 Å². The largest absolute Gasteiger partial charge is 0.366 e. The molecule has 9 nitrogen and oxygen atoms in total. The summed E-state index contributed by atoms with van der Waals surface area (Å²) in [7, 11) is -2.46. The third-order valence-electron chi connectivity index (χ3n) is 5.91. The molecule has 0 unspecified atom stereocenters. The SMILES string of the molecule is CCc1nc2cc(C(N)=O)c(Cl)cc2n1-c1ccc(CN(C)C(=O)NS(=O)(=O)c2ccc(C)cc2)cc1. The van der Waals surface area contributed by atoms with Gasteiger partial charge in [0.1, 0.15) is 5.82 Å². The van der Waals surface area contributed by atoms with Crippen molar-refractivity contribution in [3.63, 3.8) is 0 Å². The molecular formula is C26H26ClN5O4S. The lowest BCUT2D eigenvalue weighted by Gasteiger charge is -2.18. The summed E-state index contributed by atoms with van der Waals surface area (Å²) in [6, 6.07) is 16.2. The molecule has 1 heterocycles. The fourth-order valence-electron chi connectivity index (χ4n) is 3.93. The Hall–Kier alpha value is -3.89. The van der Waals surface area contributed by atoms with Crippen LogP contribution in [0, 0.1) is 6.92 Å². The minimum atomic E-state index is -3.98. The molecule has 192 valence electrons. The maximum Gasteiger partial charge on any atom is 0.331 e. The molecule has 0 saturated heterocycles. The predicted molar refractivity (Wildman–Crippen MR) is 142 cm³/mol. The van der Waals surface area contributed by atoms with Gasteiger partial charge in [0.15, 0.2) is 0 Å². The van der Waals surface area contributed by atoms with Crippen LogP contribution in [0.2, 0.25) is 5.02 Å².